The molecule has 1 fully saturated rings. The standard InChI is InChI=1S/C15H15N3O3/c19-15-13(17-9-5-1-2-8-14(17)16-15)10-11-6-3-4-7-12(11)18(20)21/h3-4,6-7,10H,1-2,5,8-9H2. The molecule has 21 heavy (non-hydrogen) atoms. The highest BCUT2D eigenvalue weighted by Crippen LogP contribution is 2.28. The summed E-state index contributed by atoms with van der Waals surface area (Å²) in [4.78, 5) is 28.7. The van der Waals surface area contributed by atoms with Gasteiger partial charge in [0.2, 0.25) is 0 Å². The lowest BCUT2D eigenvalue weighted by Gasteiger charge is -2.18. The Morgan fingerprint density at radius 3 is 2.86 bits per heavy atom. The van der Waals surface area contributed by atoms with Gasteiger partial charge in [-0.1, -0.05) is 18.6 Å². The quantitative estimate of drug-likeness (QED) is 0.475. The molecule has 6 heteroatoms. The summed E-state index contributed by atoms with van der Waals surface area (Å²) in [5, 5.41) is 11.1. The summed E-state index contributed by atoms with van der Waals surface area (Å²) in [5.74, 6) is 0.493. The highest BCUT2D eigenvalue weighted by Gasteiger charge is 2.30. The third-order valence-corrected chi connectivity index (χ3v) is 3.76. The summed E-state index contributed by atoms with van der Waals surface area (Å²) in [6, 6.07) is 6.43. The van der Waals surface area contributed by atoms with Crippen LogP contribution in [-0.2, 0) is 4.79 Å². The summed E-state index contributed by atoms with van der Waals surface area (Å²) < 4.78 is 0. The second-order valence-electron chi connectivity index (χ2n) is 5.14. The lowest BCUT2D eigenvalue weighted by atomic mass is 10.1. The number of amides is 1. The van der Waals surface area contributed by atoms with Gasteiger partial charge in [-0.25, -0.2) is 0 Å². The van der Waals surface area contributed by atoms with Gasteiger partial charge in [0, 0.05) is 19.0 Å². The van der Waals surface area contributed by atoms with Gasteiger partial charge in [-0.05, 0) is 25.0 Å². The Balaban J connectivity index is 2.00. The average Bonchev–Trinajstić information content (AvgIpc) is 2.65. The predicted octanol–water partition coefficient (Wildman–Crippen LogP) is 2.75. The smallest absolute Gasteiger partial charge is 0.295 e. The van der Waals surface area contributed by atoms with Gasteiger partial charge in [0.25, 0.3) is 11.6 Å². The molecule has 1 saturated heterocycles. The van der Waals surface area contributed by atoms with Crippen LogP contribution in [-0.4, -0.2) is 28.1 Å². The maximum atomic E-state index is 12.1. The van der Waals surface area contributed by atoms with Gasteiger partial charge in [0.15, 0.2) is 0 Å². The lowest BCUT2D eigenvalue weighted by Crippen LogP contribution is -2.26. The molecule has 0 unspecified atom stereocenters. The van der Waals surface area contributed by atoms with Crippen molar-refractivity contribution in [3.8, 4) is 0 Å². The fourth-order valence-electron chi connectivity index (χ4n) is 2.72. The van der Waals surface area contributed by atoms with E-state index >= 15 is 0 Å². The second kappa shape index (κ2) is 5.47. The van der Waals surface area contributed by atoms with Gasteiger partial charge in [-0.15, -0.1) is 0 Å². The Kier molecular flexibility index (Phi) is 3.51. The van der Waals surface area contributed by atoms with Crippen LogP contribution in [0, 0.1) is 10.1 Å². The van der Waals surface area contributed by atoms with Crippen molar-refractivity contribution in [2.45, 2.75) is 25.7 Å². The molecule has 6 nitrogen and oxygen atoms in total. The van der Waals surface area contributed by atoms with Gasteiger partial charge in [0.05, 0.1) is 10.5 Å². The molecule has 2 aliphatic heterocycles. The molecule has 0 radical (unpaired) electrons. The van der Waals surface area contributed by atoms with E-state index in [2.05, 4.69) is 4.99 Å². The summed E-state index contributed by atoms with van der Waals surface area (Å²) in [5.41, 5.74) is 0.883. The molecule has 108 valence electrons. The highest BCUT2D eigenvalue weighted by atomic mass is 16.6. The minimum Gasteiger partial charge on any atom is -0.325 e. The first-order chi connectivity index (χ1) is 10.2. The van der Waals surface area contributed by atoms with Crippen molar-refractivity contribution >= 4 is 23.5 Å². The SMILES string of the molecule is O=C1N=C2CCCCCN2C1=Cc1ccccc1[N+](=O)[O-]. The average molecular weight is 285 g/mol. The number of nitrogens with zero attached hydrogens (tertiary/aromatic N) is 3. The summed E-state index contributed by atoms with van der Waals surface area (Å²) in [7, 11) is 0. The van der Waals surface area contributed by atoms with E-state index in [4.69, 9.17) is 0 Å². The molecule has 0 N–H and O–H groups in total. The Morgan fingerprint density at radius 1 is 1.24 bits per heavy atom. The number of benzene rings is 1. The third kappa shape index (κ3) is 2.56. The number of carbonyl (C=O) groups excluding carboxylic acids is 1. The van der Waals surface area contributed by atoms with Crippen LogP contribution in [0.2, 0.25) is 0 Å². The van der Waals surface area contributed by atoms with Crippen molar-refractivity contribution < 1.29 is 9.72 Å². The molecule has 2 aliphatic rings. The van der Waals surface area contributed by atoms with E-state index in [0.717, 1.165) is 38.1 Å². The highest BCUT2D eigenvalue weighted by molar-refractivity contribution is 6.13. The van der Waals surface area contributed by atoms with Crippen molar-refractivity contribution in [2.75, 3.05) is 6.54 Å². The van der Waals surface area contributed by atoms with Crippen molar-refractivity contribution in [1.29, 1.82) is 0 Å². The lowest BCUT2D eigenvalue weighted by molar-refractivity contribution is -0.385. The van der Waals surface area contributed by atoms with E-state index in [0.29, 0.717) is 11.3 Å². The maximum absolute atomic E-state index is 12.1. The number of rotatable bonds is 2. The minimum absolute atomic E-state index is 0.000993. The van der Waals surface area contributed by atoms with Gasteiger partial charge in [-0.3, -0.25) is 14.9 Å². The molecule has 0 aromatic heterocycles. The van der Waals surface area contributed by atoms with E-state index in [-0.39, 0.29) is 11.6 Å². The topological polar surface area (TPSA) is 75.8 Å². The zero-order chi connectivity index (χ0) is 14.8. The van der Waals surface area contributed by atoms with E-state index in [1.165, 1.54) is 6.07 Å². The summed E-state index contributed by atoms with van der Waals surface area (Å²) in [6.07, 6.45) is 5.52. The van der Waals surface area contributed by atoms with Gasteiger partial charge in [-0.2, -0.15) is 4.99 Å². The molecule has 0 atom stereocenters. The van der Waals surface area contributed by atoms with E-state index in [9.17, 15) is 14.9 Å². The van der Waals surface area contributed by atoms with Crippen molar-refractivity contribution in [3.05, 3.63) is 45.6 Å². The zero-order valence-corrected chi connectivity index (χ0v) is 11.5. The largest absolute Gasteiger partial charge is 0.325 e. The number of nitro groups is 1. The summed E-state index contributed by atoms with van der Waals surface area (Å²) in [6.45, 7) is 0.747. The van der Waals surface area contributed by atoms with Crippen LogP contribution in [0.5, 0.6) is 0 Å². The number of amidine groups is 1. The first-order valence-corrected chi connectivity index (χ1v) is 7.01. The molecule has 3 rings (SSSR count). The van der Waals surface area contributed by atoms with Crippen LogP contribution in [0.25, 0.3) is 6.08 Å². The van der Waals surface area contributed by atoms with E-state index in [1.807, 2.05) is 4.90 Å². The Morgan fingerprint density at radius 2 is 2.05 bits per heavy atom. The molecule has 2 heterocycles. The molecule has 0 bridgehead atoms. The van der Waals surface area contributed by atoms with Crippen molar-refractivity contribution in [1.82, 2.24) is 4.90 Å². The molecule has 0 spiro atoms. The first kappa shape index (κ1) is 13.5. The first-order valence-electron chi connectivity index (χ1n) is 7.01. The Bertz CT molecular complexity index is 664. The number of carbonyl (C=O) groups is 1. The van der Waals surface area contributed by atoms with Crippen LogP contribution >= 0.6 is 0 Å². The van der Waals surface area contributed by atoms with Crippen molar-refractivity contribution in [3.63, 3.8) is 0 Å². The monoisotopic (exact) mass is 285 g/mol. The number of hydrogen-bond acceptors (Lipinski definition) is 4. The third-order valence-electron chi connectivity index (χ3n) is 3.76. The van der Waals surface area contributed by atoms with Crippen molar-refractivity contribution in [2.24, 2.45) is 4.99 Å². The maximum Gasteiger partial charge on any atom is 0.295 e. The van der Waals surface area contributed by atoms with Crippen LogP contribution in [0.1, 0.15) is 31.2 Å². The predicted molar refractivity (Wildman–Crippen MR) is 78.7 cm³/mol. The molecular weight excluding hydrogens is 270 g/mol. The number of nitro benzene ring substituents is 1. The fourth-order valence-corrected chi connectivity index (χ4v) is 2.72. The van der Waals surface area contributed by atoms with Crippen LogP contribution in [0.3, 0.4) is 0 Å². The Labute approximate surface area is 121 Å². The molecule has 1 aromatic carbocycles. The number of hydrogen-bond donors (Lipinski definition) is 0. The van der Waals surface area contributed by atoms with Gasteiger partial charge >= 0.3 is 0 Å². The zero-order valence-electron chi connectivity index (χ0n) is 11.5. The van der Waals surface area contributed by atoms with Gasteiger partial charge in [0.1, 0.15) is 11.5 Å². The number of para-hydroxylation sites is 1. The molecular formula is C15H15N3O3. The second-order valence-corrected chi connectivity index (χ2v) is 5.14. The number of fused-ring (bicyclic) bond motifs is 1. The fraction of sp³-hybridized carbons (Fsp3) is 0.333. The van der Waals surface area contributed by atoms with E-state index in [1.54, 1.807) is 24.3 Å². The van der Waals surface area contributed by atoms with E-state index < -0.39 is 4.92 Å². The Hall–Kier alpha value is -2.50. The molecule has 0 saturated carbocycles. The normalized spacial score (nSPS) is 20.2. The van der Waals surface area contributed by atoms with Gasteiger partial charge < -0.3 is 4.90 Å². The summed E-state index contributed by atoms with van der Waals surface area (Å²) >= 11 is 0. The molecule has 1 aromatic rings. The minimum atomic E-state index is -0.435. The van der Waals surface area contributed by atoms with Crippen LogP contribution in [0.15, 0.2) is 35.0 Å². The number of aliphatic imine (C=N–C) groups is 1. The molecule has 0 aliphatic carbocycles. The van der Waals surface area contributed by atoms with Crippen LogP contribution < -0.4 is 0 Å². The van der Waals surface area contributed by atoms with Crippen LogP contribution in [0.4, 0.5) is 5.69 Å². The molecule has 1 amide bonds.